The van der Waals surface area contributed by atoms with E-state index < -0.39 is 16.7 Å². The van der Waals surface area contributed by atoms with Crippen molar-refractivity contribution in [2.24, 2.45) is 16.7 Å². The van der Waals surface area contributed by atoms with Crippen molar-refractivity contribution in [2.45, 2.75) is 26.7 Å². The monoisotopic (exact) mass is 253 g/mol. The van der Waals surface area contributed by atoms with Gasteiger partial charge in [0.05, 0.1) is 18.1 Å². The minimum atomic E-state index is -1.23. The van der Waals surface area contributed by atoms with Crippen molar-refractivity contribution in [3.8, 4) is 12.1 Å². The summed E-state index contributed by atoms with van der Waals surface area (Å²) in [5.41, 5.74) is -0.998. The van der Waals surface area contributed by atoms with Crippen molar-refractivity contribution in [2.75, 3.05) is 0 Å². The molecular weight excluding hydrogens is 238 g/mol. The van der Waals surface area contributed by atoms with Crippen LogP contribution in [0.2, 0.25) is 0 Å². The Morgan fingerprint density at radius 2 is 2.00 bits per heavy atom. The number of ketones is 1. The van der Waals surface area contributed by atoms with Crippen LogP contribution in [-0.4, -0.2) is 10.8 Å². The lowest BCUT2D eigenvalue weighted by Crippen LogP contribution is -2.24. The number of hydrogen-bond donors (Lipinski definition) is 0. The van der Waals surface area contributed by atoms with E-state index in [0.29, 0.717) is 0 Å². The Labute approximate surface area is 112 Å². The SMILES string of the molecule is CC(C)(C)C(=O)C1C(c2cccnc2)C1(C#N)C#N. The number of hydrogen-bond acceptors (Lipinski definition) is 4. The van der Waals surface area contributed by atoms with E-state index in [1.165, 1.54) is 0 Å². The molecule has 1 fully saturated rings. The van der Waals surface area contributed by atoms with Crippen LogP contribution in [0.15, 0.2) is 24.5 Å². The number of nitrogens with zero attached hydrogens (tertiary/aromatic N) is 3. The molecule has 2 rings (SSSR count). The maximum atomic E-state index is 12.4. The maximum absolute atomic E-state index is 12.4. The zero-order chi connectivity index (χ0) is 14.3. The van der Waals surface area contributed by atoms with Crippen LogP contribution in [0.3, 0.4) is 0 Å². The number of pyridine rings is 1. The number of rotatable bonds is 2. The van der Waals surface area contributed by atoms with Gasteiger partial charge < -0.3 is 0 Å². The topological polar surface area (TPSA) is 77.5 Å². The second-order valence-electron chi connectivity index (χ2n) is 5.95. The zero-order valence-corrected chi connectivity index (χ0v) is 11.2. The third kappa shape index (κ3) is 1.90. The normalized spacial score (nSPS) is 24.1. The predicted octanol–water partition coefficient (Wildman–Crippen LogP) is 2.44. The smallest absolute Gasteiger partial charge is 0.161 e. The van der Waals surface area contributed by atoms with E-state index in [2.05, 4.69) is 4.98 Å². The first-order chi connectivity index (χ1) is 8.88. The van der Waals surface area contributed by atoms with E-state index in [4.69, 9.17) is 0 Å². The molecule has 2 atom stereocenters. The molecule has 0 aliphatic heterocycles. The average Bonchev–Trinajstić information content (AvgIpc) is 3.07. The predicted molar refractivity (Wildman–Crippen MR) is 68.6 cm³/mol. The average molecular weight is 253 g/mol. The van der Waals surface area contributed by atoms with Crippen LogP contribution in [0.1, 0.15) is 32.3 Å². The fraction of sp³-hybridized carbons (Fsp3) is 0.467. The van der Waals surface area contributed by atoms with Crippen molar-refractivity contribution >= 4 is 5.78 Å². The summed E-state index contributed by atoms with van der Waals surface area (Å²) in [5.74, 6) is -0.945. The Bertz CT molecular complexity index is 573. The molecule has 1 heterocycles. The van der Waals surface area contributed by atoms with Gasteiger partial charge in [0.25, 0.3) is 0 Å². The van der Waals surface area contributed by atoms with Gasteiger partial charge in [0, 0.05) is 23.7 Å². The van der Waals surface area contributed by atoms with Gasteiger partial charge in [0.2, 0.25) is 0 Å². The fourth-order valence-electron chi connectivity index (χ4n) is 2.53. The van der Waals surface area contributed by atoms with Gasteiger partial charge >= 0.3 is 0 Å². The highest BCUT2D eigenvalue weighted by Gasteiger charge is 2.71. The summed E-state index contributed by atoms with van der Waals surface area (Å²) in [5, 5.41) is 18.7. The number of carbonyl (C=O) groups is 1. The van der Waals surface area contributed by atoms with Crippen LogP contribution >= 0.6 is 0 Å². The summed E-state index contributed by atoms with van der Waals surface area (Å²) < 4.78 is 0. The quantitative estimate of drug-likeness (QED) is 0.811. The minimum Gasteiger partial charge on any atom is -0.299 e. The molecular formula is C15H15N3O. The fourth-order valence-corrected chi connectivity index (χ4v) is 2.53. The lowest BCUT2D eigenvalue weighted by atomic mass is 9.85. The Morgan fingerprint density at radius 3 is 2.42 bits per heavy atom. The van der Waals surface area contributed by atoms with E-state index in [1.54, 1.807) is 18.5 Å². The minimum absolute atomic E-state index is 0.0375. The van der Waals surface area contributed by atoms with Gasteiger partial charge in [-0.1, -0.05) is 26.8 Å². The first kappa shape index (κ1) is 13.2. The Hall–Kier alpha value is -2.20. The molecule has 1 saturated carbocycles. The lowest BCUT2D eigenvalue weighted by molar-refractivity contribution is -0.128. The molecule has 4 nitrogen and oxygen atoms in total. The van der Waals surface area contributed by atoms with E-state index in [0.717, 1.165) is 5.56 Å². The van der Waals surface area contributed by atoms with Gasteiger partial charge in [-0.2, -0.15) is 10.5 Å². The lowest BCUT2D eigenvalue weighted by Gasteiger charge is -2.16. The van der Waals surface area contributed by atoms with E-state index in [9.17, 15) is 15.3 Å². The van der Waals surface area contributed by atoms with Crippen molar-refractivity contribution in [1.82, 2.24) is 4.98 Å². The van der Waals surface area contributed by atoms with Gasteiger partial charge in [-0.05, 0) is 11.6 Å². The third-order valence-corrected chi connectivity index (χ3v) is 3.64. The maximum Gasteiger partial charge on any atom is 0.161 e. The molecule has 1 aliphatic rings. The molecule has 0 bridgehead atoms. The highest BCUT2D eigenvalue weighted by Crippen LogP contribution is 2.65. The highest BCUT2D eigenvalue weighted by atomic mass is 16.1. The first-order valence-corrected chi connectivity index (χ1v) is 6.15. The summed E-state index contributed by atoms with van der Waals surface area (Å²) in [4.78, 5) is 16.4. The van der Waals surface area contributed by atoms with Gasteiger partial charge in [0.1, 0.15) is 5.78 Å². The number of aromatic nitrogens is 1. The molecule has 0 aromatic carbocycles. The molecule has 1 aliphatic carbocycles. The third-order valence-electron chi connectivity index (χ3n) is 3.64. The molecule has 1 aromatic heterocycles. The van der Waals surface area contributed by atoms with Crippen molar-refractivity contribution < 1.29 is 4.79 Å². The molecule has 2 unspecified atom stereocenters. The summed E-state index contributed by atoms with van der Waals surface area (Å²) >= 11 is 0. The molecule has 0 spiro atoms. The largest absolute Gasteiger partial charge is 0.299 e. The van der Waals surface area contributed by atoms with Gasteiger partial charge in [-0.25, -0.2) is 0 Å². The van der Waals surface area contributed by atoms with Crippen LogP contribution in [-0.2, 0) is 4.79 Å². The molecule has 4 heteroatoms. The molecule has 1 aromatic rings. The number of Topliss-reactive ketones (excluding diaryl/α,β-unsaturated/α-hetero) is 1. The Balaban J connectivity index is 2.43. The second kappa shape index (κ2) is 4.17. The van der Waals surface area contributed by atoms with Crippen molar-refractivity contribution in [3.63, 3.8) is 0 Å². The highest BCUT2D eigenvalue weighted by molar-refractivity contribution is 5.92. The Morgan fingerprint density at radius 1 is 1.37 bits per heavy atom. The summed E-state index contributed by atoms with van der Waals surface area (Å²) in [6, 6.07) is 7.66. The van der Waals surface area contributed by atoms with Crippen LogP contribution in [0.4, 0.5) is 0 Å². The van der Waals surface area contributed by atoms with Crippen molar-refractivity contribution in [1.29, 1.82) is 10.5 Å². The van der Waals surface area contributed by atoms with Gasteiger partial charge in [-0.15, -0.1) is 0 Å². The molecule has 96 valence electrons. The number of carbonyl (C=O) groups excluding carboxylic acids is 1. The van der Waals surface area contributed by atoms with Crippen LogP contribution in [0, 0.1) is 39.4 Å². The molecule has 0 amide bonds. The Kier molecular flexibility index (Phi) is 2.91. The summed E-state index contributed by atoms with van der Waals surface area (Å²) in [6.07, 6.45) is 3.26. The van der Waals surface area contributed by atoms with Gasteiger partial charge in [-0.3, -0.25) is 9.78 Å². The van der Waals surface area contributed by atoms with Crippen LogP contribution in [0.25, 0.3) is 0 Å². The molecule has 0 saturated heterocycles. The van der Waals surface area contributed by atoms with Crippen LogP contribution in [0.5, 0.6) is 0 Å². The van der Waals surface area contributed by atoms with E-state index in [-0.39, 0.29) is 11.7 Å². The van der Waals surface area contributed by atoms with Crippen LogP contribution < -0.4 is 0 Å². The number of nitriles is 2. The second-order valence-corrected chi connectivity index (χ2v) is 5.95. The van der Waals surface area contributed by atoms with Crippen molar-refractivity contribution in [3.05, 3.63) is 30.1 Å². The van der Waals surface area contributed by atoms with Gasteiger partial charge in [0.15, 0.2) is 5.41 Å². The summed E-state index contributed by atoms with van der Waals surface area (Å²) in [6.45, 7) is 5.44. The molecule has 0 N–H and O–H groups in total. The summed E-state index contributed by atoms with van der Waals surface area (Å²) in [7, 11) is 0. The first-order valence-electron chi connectivity index (χ1n) is 6.15. The molecule has 0 radical (unpaired) electrons. The zero-order valence-electron chi connectivity index (χ0n) is 11.2. The van der Waals surface area contributed by atoms with E-state index >= 15 is 0 Å². The molecule has 19 heavy (non-hydrogen) atoms. The van der Waals surface area contributed by atoms with E-state index in [1.807, 2.05) is 39.0 Å². The standard InChI is InChI=1S/C15H15N3O/c1-14(2,3)13(19)12-11(15(12,8-16)9-17)10-5-4-6-18-7-10/h4-7,11-12H,1-3H3.